The Bertz CT molecular complexity index is 953. The number of amides is 1. The molecule has 3 rings (SSSR count). The summed E-state index contributed by atoms with van der Waals surface area (Å²) in [5, 5.41) is 15.6. The van der Waals surface area contributed by atoms with Crippen LogP contribution in [0, 0.1) is 6.92 Å². The average Bonchev–Trinajstić information content (AvgIpc) is 2.94. The Labute approximate surface area is 149 Å². The first-order chi connectivity index (χ1) is 11.5. The first-order valence-electron chi connectivity index (χ1n) is 6.95. The summed E-state index contributed by atoms with van der Waals surface area (Å²) >= 11 is 4.66. The molecule has 0 bridgehead atoms. The fourth-order valence-electron chi connectivity index (χ4n) is 2.01. The van der Waals surface area contributed by atoms with E-state index in [4.69, 9.17) is 0 Å². The van der Waals surface area contributed by atoms with E-state index < -0.39 is 0 Å². The zero-order chi connectivity index (χ0) is 17.1. The van der Waals surface area contributed by atoms with E-state index in [-0.39, 0.29) is 18.0 Å². The molecule has 0 saturated heterocycles. The molecule has 1 amide bonds. The van der Waals surface area contributed by atoms with E-state index >= 15 is 0 Å². The summed E-state index contributed by atoms with van der Waals surface area (Å²) in [5.41, 5.74) is 1.10. The van der Waals surface area contributed by atoms with Crippen molar-refractivity contribution in [1.29, 1.82) is 0 Å². The van der Waals surface area contributed by atoms with Gasteiger partial charge in [-0.05, 0) is 25.1 Å². The van der Waals surface area contributed by atoms with Gasteiger partial charge in [-0.3, -0.25) is 14.9 Å². The molecule has 1 N–H and O–H groups in total. The Morgan fingerprint density at radius 2 is 2.12 bits per heavy atom. The summed E-state index contributed by atoms with van der Waals surface area (Å²) in [5.74, 6) is -0.382. The van der Waals surface area contributed by atoms with Crippen LogP contribution in [0.4, 0.5) is 5.13 Å². The molecule has 9 heteroatoms. The van der Waals surface area contributed by atoms with Crippen LogP contribution in [-0.4, -0.2) is 25.9 Å². The number of nitrogens with one attached hydrogen (secondary N) is 1. The molecule has 2 heterocycles. The van der Waals surface area contributed by atoms with Crippen LogP contribution >= 0.6 is 27.3 Å². The molecule has 0 fully saturated rings. The molecule has 0 spiro atoms. The van der Waals surface area contributed by atoms with Gasteiger partial charge in [0.2, 0.25) is 11.0 Å². The SMILES string of the molecule is Cc1nnc(NC(=O)Cn2nc(-c3cccc(Br)c3)ccc2=O)s1. The highest BCUT2D eigenvalue weighted by molar-refractivity contribution is 9.10. The molecular formula is C15H12BrN5O2S. The zero-order valence-corrected chi connectivity index (χ0v) is 15.0. The number of benzene rings is 1. The summed E-state index contributed by atoms with van der Waals surface area (Å²) in [7, 11) is 0. The molecule has 0 aliphatic heterocycles. The molecule has 3 aromatic rings. The highest BCUT2D eigenvalue weighted by Crippen LogP contribution is 2.20. The van der Waals surface area contributed by atoms with Gasteiger partial charge in [-0.25, -0.2) is 4.68 Å². The van der Waals surface area contributed by atoms with Crippen molar-refractivity contribution in [2.75, 3.05) is 5.32 Å². The summed E-state index contributed by atoms with van der Waals surface area (Å²) in [6.07, 6.45) is 0. The first kappa shape index (κ1) is 16.5. The fourth-order valence-corrected chi connectivity index (χ4v) is 3.01. The van der Waals surface area contributed by atoms with Crippen molar-refractivity contribution in [3.63, 3.8) is 0 Å². The minimum Gasteiger partial charge on any atom is -0.299 e. The molecule has 1 aromatic carbocycles. The Morgan fingerprint density at radius 1 is 1.29 bits per heavy atom. The van der Waals surface area contributed by atoms with E-state index in [1.54, 1.807) is 13.0 Å². The number of hydrogen-bond donors (Lipinski definition) is 1. The molecular weight excluding hydrogens is 394 g/mol. The van der Waals surface area contributed by atoms with E-state index in [0.29, 0.717) is 10.8 Å². The van der Waals surface area contributed by atoms with Gasteiger partial charge in [-0.2, -0.15) is 5.10 Å². The molecule has 0 atom stereocenters. The van der Waals surface area contributed by atoms with Crippen LogP contribution in [0.2, 0.25) is 0 Å². The first-order valence-corrected chi connectivity index (χ1v) is 8.56. The van der Waals surface area contributed by atoms with E-state index in [1.165, 1.54) is 17.4 Å². The number of aromatic nitrogens is 4. The maximum absolute atomic E-state index is 12.1. The lowest BCUT2D eigenvalue weighted by Gasteiger charge is -2.07. The standard InChI is InChI=1S/C15H12BrN5O2S/c1-9-18-19-15(24-9)17-13(22)8-21-14(23)6-5-12(20-21)10-3-2-4-11(16)7-10/h2-7H,8H2,1H3,(H,17,19,22). The maximum Gasteiger partial charge on any atom is 0.267 e. The van der Waals surface area contributed by atoms with Crippen LogP contribution in [0.3, 0.4) is 0 Å². The van der Waals surface area contributed by atoms with Gasteiger partial charge in [-0.1, -0.05) is 39.4 Å². The molecule has 0 radical (unpaired) electrons. The summed E-state index contributed by atoms with van der Waals surface area (Å²) in [6.45, 7) is 1.60. The number of anilines is 1. The van der Waals surface area contributed by atoms with Gasteiger partial charge in [0.05, 0.1) is 5.69 Å². The Kier molecular flexibility index (Phi) is 4.81. The van der Waals surface area contributed by atoms with Gasteiger partial charge < -0.3 is 0 Å². The lowest BCUT2D eigenvalue weighted by atomic mass is 10.1. The second-order valence-electron chi connectivity index (χ2n) is 4.90. The number of carbonyl (C=O) groups is 1. The van der Waals surface area contributed by atoms with Crippen LogP contribution < -0.4 is 10.9 Å². The number of nitrogens with zero attached hydrogens (tertiary/aromatic N) is 4. The minimum absolute atomic E-state index is 0.195. The van der Waals surface area contributed by atoms with Gasteiger partial charge in [0, 0.05) is 16.1 Å². The fraction of sp³-hybridized carbons (Fsp3) is 0.133. The summed E-state index contributed by atoms with van der Waals surface area (Å²) in [6, 6.07) is 10.6. The van der Waals surface area contributed by atoms with E-state index in [0.717, 1.165) is 19.7 Å². The number of halogens is 1. The summed E-state index contributed by atoms with van der Waals surface area (Å²) in [4.78, 5) is 24.0. The lowest BCUT2D eigenvalue weighted by Crippen LogP contribution is -2.29. The Hall–Kier alpha value is -2.39. The lowest BCUT2D eigenvalue weighted by molar-refractivity contribution is -0.117. The predicted octanol–water partition coefficient (Wildman–Crippen LogP) is 2.47. The molecule has 7 nitrogen and oxygen atoms in total. The third kappa shape index (κ3) is 3.92. The van der Waals surface area contributed by atoms with Crippen LogP contribution in [0.1, 0.15) is 5.01 Å². The normalized spacial score (nSPS) is 10.6. The summed E-state index contributed by atoms with van der Waals surface area (Å²) < 4.78 is 2.03. The molecule has 0 saturated carbocycles. The Morgan fingerprint density at radius 3 is 2.83 bits per heavy atom. The molecule has 0 aliphatic carbocycles. The highest BCUT2D eigenvalue weighted by atomic mass is 79.9. The second kappa shape index (κ2) is 7.02. The third-order valence-corrected chi connectivity index (χ3v) is 4.30. The van der Waals surface area contributed by atoms with Gasteiger partial charge in [0.25, 0.3) is 5.56 Å². The van der Waals surface area contributed by atoms with E-state index in [9.17, 15) is 9.59 Å². The van der Waals surface area contributed by atoms with Gasteiger partial charge in [-0.15, -0.1) is 10.2 Å². The molecule has 2 aromatic heterocycles. The number of hydrogen-bond acceptors (Lipinski definition) is 6. The highest BCUT2D eigenvalue weighted by Gasteiger charge is 2.10. The predicted molar refractivity (Wildman–Crippen MR) is 94.9 cm³/mol. The largest absolute Gasteiger partial charge is 0.299 e. The second-order valence-corrected chi connectivity index (χ2v) is 7.00. The number of rotatable bonds is 4. The van der Waals surface area contributed by atoms with Crippen LogP contribution in [0.15, 0.2) is 45.7 Å². The monoisotopic (exact) mass is 405 g/mol. The van der Waals surface area contributed by atoms with Crippen molar-refractivity contribution in [1.82, 2.24) is 20.0 Å². The van der Waals surface area contributed by atoms with Gasteiger partial charge >= 0.3 is 0 Å². The van der Waals surface area contributed by atoms with Crippen molar-refractivity contribution in [2.45, 2.75) is 13.5 Å². The topological polar surface area (TPSA) is 89.8 Å². The van der Waals surface area contributed by atoms with Crippen molar-refractivity contribution in [2.24, 2.45) is 0 Å². The molecule has 122 valence electrons. The maximum atomic E-state index is 12.1. The smallest absolute Gasteiger partial charge is 0.267 e. The Balaban J connectivity index is 1.81. The average molecular weight is 406 g/mol. The van der Waals surface area contributed by atoms with Crippen LogP contribution in [0.5, 0.6) is 0 Å². The van der Waals surface area contributed by atoms with Gasteiger partial charge in [0.15, 0.2) is 0 Å². The van der Waals surface area contributed by atoms with Crippen LogP contribution in [-0.2, 0) is 11.3 Å². The van der Waals surface area contributed by atoms with Crippen molar-refractivity contribution >= 4 is 38.3 Å². The van der Waals surface area contributed by atoms with Crippen LogP contribution in [0.25, 0.3) is 11.3 Å². The molecule has 0 unspecified atom stereocenters. The third-order valence-electron chi connectivity index (χ3n) is 3.05. The van der Waals surface area contributed by atoms with Crippen molar-refractivity contribution < 1.29 is 4.79 Å². The zero-order valence-electron chi connectivity index (χ0n) is 12.6. The number of carbonyl (C=O) groups excluding carboxylic acids is 1. The number of aryl methyl sites for hydroxylation is 1. The van der Waals surface area contributed by atoms with Crippen molar-refractivity contribution in [3.8, 4) is 11.3 Å². The molecule has 0 aliphatic rings. The molecule has 24 heavy (non-hydrogen) atoms. The minimum atomic E-state index is -0.382. The van der Waals surface area contributed by atoms with E-state index in [2.05, 4.69) is 36.5 Å². The van der Waals surface area contributed by atoms with Gasteiger partial charge in [0.1, 0.15) is 11.6 Å². The quantitative estimate of drug-likeness (QED) is 0.719. The van der Waals surface area contributed by atoms with Crippen molar-refractivity contribution in [3.05, 3.63) is 56.2 Å². The van der Waals surface area contributed by atoms with E-state index in [1.807, 2.05) is 24.3 Å².